The standard InChI is InChI=1S/C20H26N4O/c1-15-13-24(14-17-9-5-6-11-22-17)12-10-18(15)23-20(25)19(21)16-7-3-2-4-8-16/h2-9,11,15,18-19H,10,12-14,21H2,1H3,(H,23,25). The highest BCUT2D eigenvalue weighted by molar-refractivity contribution is 5.83. The van der Waals surface area contributed by atoms with Crippen molar-refractivity contribution in [2.45, 2.75) is 32.0 Å². The normalized spacial score (nSPS) is 22.3. The molecule has 2 aromatic rings. The quantitative estimate of drug-likeness (QED) is 0.876. The molecule has 0 radical (unpaired) electrons. The van der Waals surface area contributed by atoms with Crippen molar-refractivity contribution in [3.8, 4) is 0 Å². The van der Waals surface area contributed by atoms with Crippen molar-refractivity contribution in [2.75, 3.05) is 13.1 Å². The minimum absolute atomic E-state index is 0.0961. The van der Waals surface area contributed by atoms with Gasteiger partial charge in [0.15, 0.2) is 0 Å². The number of aromatic nitrogens is 1. The van der Waals surface area contributed by atoms with Gasteiger partial charge < -0.3 is 11.1 Å². The Morgan fingerprint density at radius 2 is 2.04 bits per heavy atom. The van der Waals surface area contributed by atoms with Crippen LogP contribution >= 0.6 is 0 Å². The first-order valence-electron chi connectivity index (χ1n) is 8.86. The van der Waals surface area contributed by atoms with Crippen LogP contribution in [-0.2, 0) is 11.3 Å². The fourth-order valence-electron chi connectivity index (χ4n) is 3.40. The second-order valence-corrected chi connectivity index (χ2v) is 6.83. The number of piperidine rings is 1. The minimum Gasteiger partial charge on any atom is -0.351 e. The van der Waals surface area contributed by atoms with Gasteiger partial charge in [-0.1, -0.05) is 43.3 Å². The second-order valence-electron chi connectivity index (χ2n) is 6.83. The molecule has 5 heteroatoms. The summed E-state index contributed by atoms with van der Waals surface area (Å²) in [5.74, 6) is 0.283. The molecule has 0 saturated carbocycles. The maximum absolute atomic E-state index is 12.5. The van der Waals surface area contributed by atoms with Crippen LogP contribution in [0.15, 0.2) is 54.7 Å². The van der Waals surface area contributed by atoms with Gasteiger partial charge in [-0.2, -0.15) is 0 Å². The van der Waals surface area contributed by atoms with E-state index in [0.29, 0.717) is 5.92 Å². The number of nitrogens with one attached hydrogen (secondary N) is 1. The van der Waals surface area contributed by atoms with E-state index < -0.39 is 6.04 Å². The molecule has 1 amide bonds. The van der Waals surface area contributed by atoms with Crippen LogP contribution in [0.4, 0.5) is 0 Å². The van der Waals surface area contributed by atoms with Crippen molar-refractivity contribution in [3.63, 3.8) is 0 Å². The van der Waals surface area contributed by atoms with Crippen LogP contribution in [0, 0.1) is 5.92 Å². The third-order valence-electron chi connectivity index (χ3n) is 4.87. The molecule has 25 heavy (non-hydrogen) atoms. The number of carbonyl (C=O) groups excluding carboxylic acids is 1. The predicted molar refractivity (Wildman–Crippen MR) is 98.6 cm³/mol. The summed E-state index contributed by atoms with van der Waals surface area (Å²) in [6.45, 7) is 4.94. The molecule has 1 aromatic heterocycles. The molecule has 0 bridgehead atoms. The van der Waals surface area contributed by atoms with E-state index in [1.807, 2.05) is 48.7 Å². The van der Waals surface area contributed by atoms with Crippen molar-refractivity contribution in [1.82, 2.24) is 15.2 Å². The second kappa shape index (κ2) is 8.23. The zero-order valence-electron chi connectivity index (χ0n) is 14.6. The van der Waals surface area contributed by atoms with Crippen LogP contribution in [0.1, 0.15) is 30.6 Å². The number of nitrogens with zero attached hydrogens (tertiary/aromatic N) is 2. The molecule has 1 aromatic carbocycles. The predicted octanol–water partition coefficient (Wildman–Crippen LogP) is 2.11. The van der Waals surface area contributed by atoms with Crippen molar-refractivity contribution in [3.05, 3.63) is 66.0 Å². The maximum atomic E-state index is 12.5. The zero-order chi connectivity index (χ0) is 17.6. The number of rotatable bonds is 5. The fourth-order valence-corrected chi connectivity index (χ4v) is 3.40. The molecule has 1 saturated heterocycles. The monoisotopic (exact) mass is 338 g/mol. The first kappa shape index (κ1) is 17.6. The summed E-state index contributed by atoms with van der Waals surface area (Å²) in [5, 5.41) is 3.15. The number of amides is 1. The molecule has 1 aliphatic heterocycles. The van der Waals surface area contributed by atoms with Gasteiger partial charge in [0.2, 0.25) is 5.91 Å². The SMILES string of the molecule is CC1CN(Cc2ccccn2)CCC1NC(=O)C(N)c1ccccc1. The van der Waals surface area contributed by atoms with Crippen LogP contribution in [0.3, 0.4) is 0 Å². The van der Waals surface area contributed by atoms with Gasteiger partial charge in [0.05, 0.1) is 5.69 Å². The van der Waals surface area contributed by atoms with E-state index in [1.165, 1.54) is 0 Å². The van der Waals surface area contributed by atoms with E-state index in [1.54, 1.807) is 0 Å². The summed E-state index contributed by atoms with van der Waals surface area (Å²) in [6, 6.07) is 15.1. The van der Waals surface area contributed by atoms with Gasteiger partial charge >= 0.3 is 0 Å². The molecule has 3 unspecified atom stereocenters. The highest BCUT2D eigenvalue weighted by Crippen LogP contribution is 2.19. The minimum atomic E-state index is -0.611. The Bertz CT molecular complexity index is 677. The largest absolute Gasteiger partial charge is 0.351 e. The molecular formula is C20H26N4O. The third-order valence-corrected chi connectivity index (χ3v) is 4.87. The summed E-state index contributed by atoms with van der Waals surface area (Å²) in [5.41, 5.74) is 8.03. The molecule has 0 aliphatic carbocycles. The van der Waals surface area contributed by atoms with Gasteiger partial charge in [-0.15, -0.1) is 0 Å². The van der Waals surface area contributed by atoms with Crippen LogP contribution < -0.4 is 11.1 Å². The van der Waals surface area contributed by atoms with E-state index in [2.05, 4.69) is 28.2 Å². The Labute approximate surface area is 149 Å². The lowest BCUT2D eigenvalue weighted by Crippen LogP contribution is -2.51. The van der Waals surface area contributed by atoms with Gasteiger partial charge in [0.25, 0.3) is 0 Å². The number of pyridine rings is 1. The first-order valence-corrected chi connectivity index (χ1v) is 8.86. The summed E-state index contributed by atoms with van der Waals surface area (Å²) >= 11 is 0. The summed E-state index contributed by atoms with van der Waals surface area (Å²) in [7, 11) is 0. The van der Waals surface area contributed by atoms with Gasteiger partial charge in [-0.3, -0.25) is 14.7 Å². The van der Waals surface area contributed by atoms with Gasteiger partial charge in [-0.05, 0) is 30.0 Å². The highest BCUT2D eigenvalue weighted by atomic mass is 16.2. The van der Waals surface area contributed by atoms with Gasteiger partial charge in [0, 0.05) is 31.9 Å². The number of hydrogen-bond acceptors (Lipinski definition) is 4. The smallest absolute Gasteiger partial charge is 0.241 e. The highest BCUT2D eigenvalue weighted by Gasteiger charge is 2.29. The van der Waals surface area contributed by atoms with Crippen LogP contribution in [0.2, 0.25) is 0 Å². The van der Waals surface area contributed by atoms with E-state index >= 15 is 0 Å². The number of nitrogens with two attached hydrogens (primary N) is 1. The topological polar surface area (TPSA) is 71.2 Å². The van der Waals surface area contributed by atoms with E-state index in [-0.39, 0.29) is 11.9 Å². The number of carbonyl (C=O) groups is 1. The molecule has 3 N–H and O–H groups in total. The Kier molecular flexibility index (Phi) is 5.79. The number of benzene rings is 1. The number of hydrogen-bond donors (Lipinski definition) is 2. The lowest BCUT2D eigenvalue weighted by molar-refractivity contribution is -0.124. The molecule has 1 fully saturated rings. The first-order chi connectivity index (χ1) is 12.1. The van der Waals surface area contributed by atoms with Crippen molar-refractivity contribution >= 4 is 5.91 Å². The molecule has 5 nitrogen and oxygen atoms in total. The molecule has 3 atom stereocenters. The molecule has 0 spiro atoms. The zero-order valence-corrected chi connectivity index (χ0v) is 14.6. The van der Waals surface area contributed by atoms with Crippen molar-refractivity contribution in [2.24, 2.45) is 11.7 Å². The van der Waals surface area contributed by atoms with Crippen molar-refractivity contribution < 1.29 is 4.79 Å². The van der Waals surface area contributed by atoms with E-state index in [9.17, 15) is 4.79 Å². The molecule has 3 rings (SSSR count). The Morgan fingerprint density at radius 1 is 1.28 bits per heavy atom. The maximum Gasteiger partial charge on any atom is 0.241 e. The van der Waals surface area contributed by atoms with Crippen LogP contribution in [0.25, 0.3) is 0 Å². The molecule has 2 heterocycles. The summed E-state index contributed by atoms with van der Waals surface area (Å²) < 4.78 is 0. The van der Waals surface area contributed by atoms with E-state index in [0.717, 1.165) is 37.3 Å². The Hall–Kier alpha value is -2.24. The van der Waals surface area contributed by atoms with Gasteiger partial charge in [0.1, 0.15) is 6.04 Å². The third kappa shape index (κ3) is 4.65. The summed E-state index contributed by atoms with van der Waals surface area (Å²) in [4.78, 5) is 19.3. The van der Waals surface area contributed by atoms with Crippen LogP contribution in [0.5, 0.6) is 0 Å². The average molecular weight is 338 g/mol. The lowest BCUT2D eigenvalue weighted by atomic mass is 9.93. The lowest BCUT2D eigenvalue weighted by Gasteiger charge is -2.37. The number of likely N-dealkylation sites (tertiary alicyclic amines) is 1. The Balaban J connectivity index is 1.52. The Morgan fingerprint density at radius 3 is 2.72 bits per heavy atom. The molecule has 1 aliphatic rings. The molecular weight excluding hydrogens is 312 g/mol. The van der Waals surface area contributed by atoms with Crippen LogP contribution in [-0.4, -0.2) is 34.9 Å². The average Bonchev–Trinajstić information content (AvgIpc) is 2.65. The summed E-state index contributed by atoms with van der Waals surface area (Å²) in [6.07, 6.45) is 2.76. The molecule has 132 valence electrons. The fraction of sp³-hybridized carbons (Fsp3) is 0.400. The van der Waals surface area contributed by atoms with E-state index in [4.69, 9.17) is 5.73 Å². The van der Waals surface area contributed by atoms with Crippen molar-refractivity contribution in [1.29, 1.82) is 0 Å². The van der Waals surface area contributed by atoms with Gasteiger partial charge in [-0.25, -0.2) is 0 Å².